The molecule has 5 nitrogen and oxygen atoms in total. The van der Waals surface area contributed by atoms with Gasteiger partial charge in [0, 0.05) is 24.7 Å². The SMILES string of the molecule is CC[C@@H](C)NC(=O)[C@H]1CCCN(c2ccc(-c3ccc(C)c(C)c3)nn2)C1. The standard InChI is InChI=1S/C22H30N4O/c1-5-17(4)23-22(27)19-7-6-12-26(14-19)21-11-10-20(24-25-21)18-9-8-15(2)16(3)13-18/h8-11,13,17,19H,5-7,12,14H2,1-4H3,(H,23,27)/t17-,19+/m1/s1. The largest absolute Gasteiger partial charge is 0.354 e. The first-order valence-electron chi connectivity index (χ1n) is 9.94. The molecule has 0 radical (unpaired) electrons. The van der Waals surface area contributed by atoms with Crippen molar-refractivity contribution in [1.29, 1.82) is 0 Å². The van der Waals surface area contributed by atoms with Gasteiger partial charge in [0.1, 0.15) is 0 Å². The van der Waals surface area contributed by atoms with Gasteiger partial charge in [-0.3, -0.25) is 4.79 Å². The molecule has 5 heteroatoms. The number of nitrogens with one attached hydrogen (secondary N) is 1. The van der Waals surface area contributed by atoms with E-state index in [9.17, 15) is 4.79 Å². The molecule has 27 heavy (non-hydrogen) atoms. The quantitative estimate of drug-likeness (QED) is 0.872. The fourth-order valence-corrected chi connectivity index (χ4v) is 3.41. The Morgan fingerprint density at radius 3 is 2.70 bits per heavy atom. The van der Waals surface area contributed by atoms with Crippen LogP contribution in [0.4, 0.5) is 5.82 Å². The number of benzene rings is 1. The molecule has 2 aromatic rings. The van der Waals surface area contributed by atoms with E-state index in [4.69, 9.17) is 0 Å². The molecule has 1 aromatic heterocycles. The smallest absolute Gasteiger partial charge is 0.225 e. The fourth-order valence-electron chi connectivity index (χ4n) is 3.41. The van der Waals surface area contributed by atoms with E-state index >= 15 is 0 Å². The van der Waals surface area contributed by atoms with Gasteiger partial charge in [-0.2, -0.15) is 0 Å². The van der Waals surface area contributed by atoms with Crippen LogP contribution in [0, 0.1) is 19.8 Å². The zero-order valence-corrected chi connectivity index (χ0v) is 16.8. The van der Waals surface area contributed by atoms with E-state index in [-0.39, 0.29) is 17.9 Å². The van der Waals surface area contributed by atoms with Crippen molar-refractivity contribution in [3.05, 3.63) is 41.5 Å². The number of piperidine rings is 1. The fraction of sp³-hybridized carbons (Fsp3) is 0.500. The van der Waals surface area contributed by atoms with Crippen LogP contribution in [0.2, 0.25) is 0 Å². The minimum absolute atomic E-state index is 0.0222. The van der Waals surface area contributed by atoms with Gasteiger partial charge in [0.25, 0.3) is 0 Å². The van der Waals surface area contributed by atoms with Gasteiger partial charge in [-0.1, -0.05) is 19.1 Å². The van der Waals surface area contributed by atoms with Crippen molar-refractivity contribution in [2.24, 2.45) is 5.92 Å². The predicted molar refractivity (Wildman–Crippen MR) is 110 cm³/mol. The number of anilines is 1. The van der Waals surface area contributed by atoms with E-state index in [1.807, 2.05) is 12.1 Å². The summed E-state index contributed by atoms with van der Waals surface area (Å²) in [5.74, 6) is 1.03. The number of carbonyl (C=O) groups excluding carboxylic acids is 1. The van der Waals surface area contributed by atoms with E-state index in [1.54, 1.807) is 0 Å². The van der Waals surface area contributed by atoms with Gasteiger partial charge in [-0.05, 0) is 69.4 Å². The number of hydrogen-bond acceptors (Lipinski definition) is 4. The Morgan fingerprint density at radius 2 is 2.04 bits per heavy atom. The highest BCUT2D eigenvalue weighted by Crippen LogP contribution is 2.24. The Hall–Kier alpha value is -2.43. The molecule has 1 aromatic carbocycles. The Labute approximate surface area is 162 Å². The van der Waals surface area contributed by atoms with Crippen LogP contribution in [-0.4, -0.2) is 35.2 Å². The monoisotopic (exact) mass is 366 g/mol. The van der Waals surface area contributed by atoms with Crippen LogP contribution in [0.1, 0.15) is 44.2 Å². The molecule has 0 bridgehead atoms. The minimum Gasteiger partial charge on any atom is -0.354 e. The molecule has 2 heterocycles. The van der Waals surface area contributed by atoms with Gasteiger partial charge in [0.2, 0.25) is 5.91 Å². The third kappa shape index (κ3) is 4.65. The summed E-state index contributed by atoms with van der Waals surface area (Å²) < 4.78 is 0. The topological polar surface area (TPSA) is 58.1 Å². The average molecular weight is 367 g/mol. The van der Waals surface area contributed by atoms with Crippen LogP contribution < -0.4 is 10.2 Å². The molecule has 1 N–H and O–H groups in total. The molecule has 1 fully saturated rings. The average Bonchev–Trinajstić information content (AvgIpc) is 2.70. The second-order valence-electron chi connectivity index (χ2n) is 7.68. The summed E-state index contributed by atoms with van der Waals surface area (Å²) in [5.41, 5.74) is 4.49. The molecule has 1 aliphatic rings. The van der Waals surface area contributed by atoms with Crippen molar-refractivity contribution in [3.8, 4) is 11.3 Å². The van der Waals surface area contributed by atoms with Crippen LogP contribution in [0.3, 0.4) is 0 Å². The van der Waals surface area contributed by atoms with E-state index < -0.39 is 0 Å². The van der Waals surface area contributed by atoms with Crippen LogP contribution in [-0.2, 0) is 4.79 Å². The number of rotatable bonds is 5. The van der Waals surface area contributed by atoms with E-state index in [0.717, 1.165) is 42.9 Å². The second kappa shape index (κ2) is 8.51. The third-order valence-corrected chi connectivity index (χ3v) is 5.57. The first kappa shape index (κ1) is 19.3. The van der Waals surface area contributed by atoms with Crippen LogP contribution in [0.5, 0.6) is 0 Å². The van der Waals surface area contributed by atoms with Gasteiger partial charge in [0.15, 0.2) is 5.82 Å². The molecule has 144 valence electrons. The lowest BCUT2D eigenvalue weighted by Gasteiger charge is -2.33. The summed E-state index contributed by atoms with van der Waals surface area (Å²) in [6, 6.07) is 10.6. The molecule has 3 rings (SSSR count). The molecule has 1 saturated heterocycles. The zero-order valence-electron chi connectivity index (χ0n) is 16.8. The molecule has 1 amide bonds. The lowest BCUT2D eigenvalue weighted by molar-refractivity contribution is -0.125. The Kier molecular flexibility index (Phi) is 6.09. The van der Waals surface area contributed by atoms with Crippen molar-refractivity contribution in [2.75, 3.05) is 18.0 Å². The maximum Gasteiger partial charge on any atom is 0.225 e. The normalized spacial score (nSPS) is 18.2. The first-order valence-corrected chi connectivity index (χ1v) is 9.94. The second-order valence-corrected chi connectivity index (χ2v) is 7.68. The summed E-state index contributed by atoms with van der Waals surface area (Å²) in [6.45, 7) is 9.99. The minimum atomic E-state index is 0.0222. The molecule has 0 unspecified atom stereocenters. The number of aromatic nitrogens is 2. The molecular formula is C22H30N4O. The highest BCUT2D eigenvalue weighted by molar-refractivity contribution is 5.79. The van der Waals surface area contributed by atoms with E-state index in [2.05, 4.69) is 66.3 Å². The Morgan fingerprint density at radius 1 is 1.22 bits per heavy atom. The number of hydrogen-bond donors (Lipinski definition) is 1. The molecule has 2 atom stereocenters. The number of nitrogens with zero attached hydrogens (tertiary/aromatic N) is 3. The molecule has 0 saturated carbocycles. The van der Waals surface area contributed by atoms with Crippen molar-refractivity contribution in [1.82, 2.24) is 15.5 Å². The van der Waals surface area contributed by atoms with Crippen molar-refractivity contribution in [2.45, 2.75) is 53.0 Å². The highest BCUT2D eigenvalue weighted by Gasteiger charge is 2.27. The third-order valence-electron chi connectivity index (χ3n) is 5.57. The molecule has 0 spiro atoms. The first-order chi connectivity index (χ1) is 13.0. The number of amides is 1. The van der Waals surface area contributed by atoms with E-state index in [1.165, 1.54) is 11.1 Å². The molecular weight excluding hydrogens is 336 g/mol. The maximum atomic E-state index is 12.5. The lowest BCUT2D eigenvalue weighted by Crippen LogP contribution is -2.45. The summed E-state index contributed by atoms with van der Waals surface area (Å²) >= 11 is 0. The summed E-state index contributed by atoms with van der Waals surface area (Å²) in [7, 11) is 0. The Balaban J connectivity index is 1.69. The van der Waals surface area contributed by atoms with Crippen LogP contribution in [0.15, 0.2) is 30.3 Å². The van der Waals surface area contributed by atoms with Crippen LogP contribution in [0.25, 0.3) is 11.3 Å². The molecule has 0 aliphatic carbocycles. The highest BCUT2D eigenvalue weighted by atomic mass is 16.2. The van der Waals surface area contributed by atoms with Gasteiger partial charge < -0.3 is 10.2 Å². The summed E-state index contributed by atoms with van der Waals surface area (Å²) in [6.07, 6.45) is 2.89. The lowest BCUT2D eigenvalue weighted by atomic mass is 9.96. The van der Waals surface area contributed by atoms with Crippen molar-refractivity contribution < 1.29 is 4.79 Å². The van der Waals surface area contributed by atoms with Crippen molar-refractivity contribution >= 4 is 11.7 Å². The van der Waals surface area contributed by atoms with Gasteiger partial charge in [-0.25, -0.2) is 0 Å². The van der Waals surface area contributed by atoms with Crippen molar-refractivity contribution in [3.63, 3.8) is 0 Å². The zero-order chi connectivity index (χ0) is 19.4. The summed E-state index contributed by atoms with van der Waals surface area (Å²) in [5, 5.41) is 12.0. The van der Waals surface area contributed by atoms with Gasteiger partial charge in [-0.15, -0.1) is 10.2 Å². The van der Waals surface area contributed by atoms with Crippen LogP contribution >= 0.6 is 0 Å². The van der Waals surface area contributed by atoms with Gasteiger partial charge in [0.05, 0.1) is 11.6 Å². The van der Waals surface area contributed by atoms with Gasteiger partial charge >= 0.3 is 0 Å². The Bertz CT molecular complexity index is 787. The number of aryl methyl sites for hydroxylation is 2. The summed E-state index contributed by atoms with van der Waals surface area (Å²) in [4.78, 5) is 14.7. The maximum absolute atomic E-state index is 12.5. The molecule has 1 aliphatic heterocycles. The van der Waals surface area contributed by atoms with E-state index in [0.29, 0.717) is 6.54 Å². The predicted octanol–water partition coefficient (Wildman–Crippen LogP) is 3.89. The number of carbonyl (C=O) groups is 1.